The van der Waals surface area contributed by atoms with Gasteiger partial charge in [-0.3, -0.25) is 14.4 Å². The van der Waals surface area contributed by atoms with E-state index in [2.05, 4.69) is 17.6 Å². The van der Waals surface area contributed by atoms with Gasteiger partial charge < -0.3 is 25.0 Å². The molecule has 0 spiro atoms. The summed E-state index contributed by atoms with van der Waals surface area (Å²) in [6.45, 7) is 14.9. The van der Waals surface area contributed by atoms with Crippen molar-refractivity contribution in [1.29, 1.82) is 0 Å². The molecule has 0 saturated heterocycles. The molecule has 0 saturated carbocycles. The van der Waals surface area contributed by atoms with Crippen LogP contribution in [0.3, 0.4) is 0 Å². The molecule has 2 atom stereocenters. The van der Waals surface area contributed by atoms with E-state index >= 15 is 0 Å². The van der Waals surface area contributed by atoms with Crippen LogP contribution in [0, 0.1) is 19.8 Å². The molecule has 0 heterocycles. The van der Waals surface area contributed by atoms with Crippen molar-refractivity contribution in [3.8, 4) is 0 Å². The van der Waals surface area contributed by atoms with E-state index in [0.717, 1.165) is 43.2 Å². The number of hydrogen-bond acceptors (Lipinski definition) is 6. The minimum absolute atomic E-state index is 0.274. The van der Waals surface area contributed by atoms with E-state index in [-0.39, 0.29) is 18.4 Å². The molecule has 0 aromatic heterocycles. The van der Waals surface area contributed by atoms with Crippen molar-refractivity contribution in [2.45, 2.75) is 112 Å². The average Bonchev–Trinajstić information content (AvgIpc) is 2.86. The minimum Gasteiger partial charge on any atom is -0.468 e. The van der Waals surface area contributed by atoms with E-state index in [0.29, 0.717) is 18.5 Å². The third-order valence-corrected chi connectivity index (χ3v) is 6.65. The highest BCUT2D eigenvalue weighted by atomic mass is 16.6. The summed E-state index contributed by atoms with van der Waals surface area (Å²) in [4.78, 5) is 54.2. The van der Waals surface area contributed by atoms with Gasteiger partial charge in [-0.2, -0.15) is 0 Å². The number of aryl methyl sites for hydroxylation is 2. The van der Waals surface area contributed by atoms with Crippen molar-refractivity contribution in [2.24, 2.45) is 5.92 Å². The maximum absolute atomic E-state index is 14.3. The largest absolute Gasteiger partial charge is 0.468 e. The number of carbonyl (C=O) groups excluding carboxylic acids is 4. The molecule has 2 N–H and O–H groups in total. The number of hydrogen-bond donors (Lipinski definition) is 2. The molecule has 3 amide bonds. The summed E-state index contributed by atoms with van der Waals surface area (Å²) in [6.07, 6.45) is 5.32. The molecular weight excluding hydrogens is 510 g/mol. The molecule has 226 valence electrons. The Morgan fingerprint density at radius 3 is 2.05 bits per heavy atom. The molecule has 0 fully saturated rings. The van der Waals surface area contributed by atoms with Crippen LogP contribution in [0.1, 0.15) is 103 Å². The lowest BCUT2D eigenvalue weighted by atomic mass is 9.92. The highest BCUT2D eigenvalue weighted by Gasteiger charge is 2.38. The minimum atomic E-state index is -1.00. The maximum Gasteiger partial charge on any atom is 0.408 e. The number of rotatable bonds is 15. The van der Waals surface area contributed by atoms with Crippen molar-refractivity contribution in [1.82, 2.24) is 15.5 Å². The fourth-order valence-corrected chi connectivity index (χ4v) is 4.57. The summed E-state index contributed by atoms with van der Waals surface area (Å²) in [5.74, 6) is -1.73. The molecule has 9 nitrogen and oxygen atoms in total. The van der Waals surface area contributed by atoms with Crippen LogP contribution in [-0.4, -0.2) is 60.6 Å². The van der Waals surface area contributed by atoms with Crippen LogP contribution in [0.5, 0.6) is 0 Å². The number of alkyl carbamates (subject to hydrolysis) is 1. The van der Waals surface area contributed by atoms with Crippen LogP contribution >= 0.6 is 0 Å². The molecule has 9 heteroatoms. The number of benzene rings is 1. The van der Waals surface area contributed by atoms with Gasteiger partial charge in [-0.05, 0) is 63.6 Å². The highest BCUT2D eigenvalue weighted by molar-refractivity contribution is 5.93. The normalized spacial score (nSPS) is 12.8. The first-order valence-corrected chi connectivity index (χ1v) is 14.4. The molecule has 2 unspecified atom stereocenters. The first kappa shape index (κ1) is 34.9. The Morgan fingerprint density at radius 1 is 0.950 bits per heavy atom. The van der Waals surface area contributed by atoms with Crippen molar-refractivity contribution < 1.29 is 28.7 Å². The number of ether oxygens (including phenoxy) is 2. The van der Waals surface area contributed by atoms with Crippen LogP contribution < -0.4 is 10.6 Å². The quantitative estimate of drug-likeness (QED) is 0.220. The topological polar surface area (TPSA) is 114 Å². The molecule has 40 heavy (non-hydrogen) atoms. The fourth-order valence-electron chi connectivity index (χ4n) is 4.57. The second kappa shape index (κ2) is 16.9. The van der Waals surface area contributed by atoms with Gasteiger partial charge in [0.05, 0.1) is 7.11 Å². The fraction of sp³-hybridized carbons (Fsp3) is 0.677. The number of unbranched alkanes of at least 4 members (excludes halogenated alkanes) is 5. The Labute approximate surface area is 240 Å². The molecule has 1 aromatic rings. The number of esters is 1. The Morgan fingerprint density at radius 2 is 1.52 bits per heavy atom. The molecule has 1 aromatic carbocycles. The molecule has 0 aliphatic carbocycles. The van der Waals surface area contributed by atoms with Crippen LogP contribution in [-0.2, 0) is 23.9 Å². The third kappa shape index (κ3) is 11.6. The standard InChI is InChI=1S/C31H51N3O6/c1-10-11-12-13-14-15-19-34(29(37)26(21(2)3)33-30(38)40-31(6,7)8)27(28(36)32-20-24(35)39-9)25-22(4)17-16-18-23(25)5/h16-18,21,26-27H,10-15,19-20H2,1-9H3,(H,32,36)(H,33,38). The van der Waals surface area contributed by atoms with Gasteiger partial charge in [-0.1, -0.05) is 71.1 Å². The van der Waals surface area contributed by atoms with Crippen molar-refractivity contribution in [2.75, 3.05) is 20.2 Å². The summed E-state index contributed by atoms with van der Waals surface area (Å²) in [5.41, 5.74) is 1.66. The Kier molecular flexibility index (Phi) is 14.7. The zero-order valence-corrected chi connectivity index (χ0v) is 26.0. The van der Waals surface area contributed by atoms with E-state index in [9.17, 15) is 19.2 Å². The van der Waals surface area contributed by atoms with Crippen molar-refractivity contribution >= 4 is 23.9 Å². The lowest BCUT2D eigenvalue weighted by Gasteiger charge is -2.36. The number of nitrogens with one attached hydrogen (secondary N) is 2. The number of methoxy groups -OCH3 is 1. The molecule has 0 aliphatic heterocycles. The van der Waals surface area contributed by atoms with E-state index in [1.54, 1.807) is 25.7 Å². The predicted molar refractivity (Wildman–Crippen MR) is 157 cm³/mol. The zero-order chi connectivity index (χ0) is 30.5. The third-order valence-electron chi connectivity index (χ3n) is 6.65. The lowest BCUT2D eigenvalue weighted by molar-refractivity contribution is -0.145. The molecule has 0 radical (unpaired) electrons. The van der Waals surface area contributed by atoms with Gasteiger partial charge in [0.2, 0.25) is 11.8 Å². The summed E-state index contributed by atoms with van der Waals surface area (Å²) in [6, 6.07) is 3.77. The summed E-state index contributed by atoms with van der Waals surface area (Å²) in [7, 11) is 1.25. The lowest BCUT2D eigenvalue weighted by Crippen LogP contribution is -2.55. The zero-order valence-electron chi connectivity index (χ0n) is 26.0. The van der Waals surface area contributed by atoms with Crippen LogP contribution in [0.25, 0.3) is 0 Å². The van der Waals surface area contributed by atoms with E-state index in [4.69, 9.17) is 9.47 Å². The number of amides is 3. The Bertz CT molecular complexity index is 966. The van der Waals surface area contributed by atoms with Crippen LogP contribution in [0.4, 0.5) is 4.79 Å². The van der Waals surface area contributed by atoms with Gasteiger partial charge in [0.1, 0.15) is 24.2 Å². The molecular formula is C31H51N3O6. The molecule has 0 aliphatic rings. The van der Waals surface area contributed by atoms with Gasteiger partial charge in [-0.15, -0.1) is 0 Å². The van der Waals surface area contributed by atoms with Crippen molar-refractivity contribution in [3.05, 3.63) is 34.9 Å². The number of carbonyl (C=O) groups is 4. The van der Waals surface area contributed by atoms with Crippen LogP contribution in [0.2, 0.25) is 0 Å². The van der Waals surface area contributed by atoms with E-state index in [1.807, 2.05) is 45.9 Å². The van der Waals surface area contributed by atoms with Gasteiger partial charge >= 0.3 is 12.1 Å². The van der Waals surface area contributed by atoms with Crippen LogP contribution in [0.15, 0.2) is 18.2 Å². The van der Waals surface area contributed by atoms with Crippen molar-refractivity contribution in [3.63, 3.8) is 0 Å². The second-order valence-electron chi connectivity index (χ2n) is 11.7. The first-order valence-electron chi connectivity index (χ1n) is 14.4. The SMILES string of the molecule is CCCCCCCCN(C(=O)C(NC(=O)OC(C)(C)C)C(C)C)C(C(=O)NCC(=O)OC)c1c(C)cccc1C. The summed E-state index contributed by atoms with van der Waals surface area (Å²) in [5, 5.41) is 5.41. The van der Waals surface area contributed by atoms with Gasteiger partial charge in [0.25, 0.3) is 0 Å². The highest BCUT2D eigenvalue weighted by Crippen LogP contribution is 2.30. The average molecular weight is 562 g/mol. The molecule has 0 bridgehead atoms. The van der Waals surface area contributed by atoms with Gasteiger partial charge in [0.15, 0.2) is 0 Å². The van der Waals surface area contributed by atoms with E-state index in [1.165, 1.54) is 7.11 Å². The first-order chi connectivity index (χ1) is 18.7. The second-order valence-corrected chi connectivity index (χ2v) is 11.7. The Hall–Kier alpha value is -3.10. The maximum atomic E-state index is 14.3. The van der Waals surface area contributed by atoms with Gasteiger partial charge in [-0.25, -0.2) is 4.79 Å². The van der Waals surface area contributed by atoms with Gasteiger partial charge in [0, 0.05) is 6.54 Å². The predicted octanol–water partition coefficient (Wildman–Crippen LogP) is 5.37. The summed E-state index contributed by atoms with van der Waals surface area (Å²) < 4.78 is 10.2. The van der Waals surface area contributed by atoms with E-state index < -0.39 is 35.7 Å². The number of nitrogens with zero attached hydrogens (tertiary/aromatic N) is 1. The summed E-state index contributed by atoms with van der Waals surface area (Å²) >= 11 is 0. The smallest absolute Gasteiger partial charge is 0.408 e. The Balaban J connectivity index is 3.52. The molecule has 1 rings (SSSR count). The monoisotopic (exact) mass is 561 g/mol.